The predicted molar refractivity (Wildman–Crippen MR) is 85.3 cm³/mol. The molecule has 3 aromatic rings. The first-order valence-electron chi connectivity index (χ1n) is 6.96. The zero-order valence-corrected chi connectivity index (χ0v) is 12.5. The highest BCUT2D eigenvalue weighted by Gasteiger charge is 2.10. The largest absolute Gasteiger partial charge is 0.324 e. The SMILES string of the molecule is Cc1ccc(Nc2nnc(C)n2-c2ccc(C)cc2)cc1. The van der Waals surface area contributed by atoms with Crippen molar-refractivity contribution in [2.45, 2.75) is 20.8 Å². The van der Waals surface area contributed by atoms with Crippen LogP contribution in [0.25, 0.3) is 5.69 Å². The molecule has 4 heteroatoms. The molecule has 21 heavy (non-hydrogen) atoms. The summed E-state index contributed by atoms with van der Waals surface area (Å²) in [6.45, 7) is 6.10. The van der Waals surface area contributed by atoms with E-state index in [0.717, 1.165) is 23.1 Å². The van der Waals surface area contributed by atoms with Gasteiger partial charge in [-0.25, -0.2) is 0 Å². The molecule has 0 radical (unpaired) electrons. The molecule has 2 aromatic carbocycles. The van der Waals surface area contributed by atoms with E-state index in [-0.39, 0.29) is 0 Å². The summed E-state index contributed by atoms with van der Waals surface area (Å²) in [5.74, 6) is 1.58. The molecule has 1 heterocycles. The van der Waals surface area contributed by atoms with Gasteiger partial charge in [-0.05, 0) is 45.0 Å². The first-order chi connectivity index (χ1) is 10.1. The lowest BCUT2D eigenvalue weighted by Gasteiger charge is -2.10. The summed E-state index contributed by atoms with van der Waals surface area (Å²) in [4.78, 5) is 0. The molecule has 0 fully saturated rings. The molecule has 0 amide bonds. The first-order valence-corrected chi connectivity index (χ1v) is 6.96. The van der Waals surface area contributed by atoms with Crippen molar-refractivity contribution in [1.29, 1.82) is 0 Å². The third kappa shape index (κ3) is 2.79. The Balaban J connectivity index is 1.97. The summed E-state index contributed by atoms with van der Waals surface area (Å²) in [7, 11) is 0. The maximum Gasteiger partial charge on any atom is 0.233 e. The number of nitrogens with one attached hydrogen (secondary N) is 1. The van der Waals surface area contributed by atoms with Crippen molar-refractivity contribution < 1.29 is 0 Å². The molecule has 3 rings (SSSR count). The number of hydrogen-bond acceptors (Lipinski definition) is 3. The van der Waals surface area contributed by atoms with Gasteiger partial charge < -0.3 is 5.32 Å². The van der Waals surface area contributed by atoms with Gasteiger partial charge in [0.05, 0.1) is 5.69 Å². The van der Waals surface area contributed by atoms with Crippen molar-refractivity contribution >= 4 is 11.6 Å². The first kappa shape index (κ1) is 13.4. The minimum Gasteiger partial charge on any atom is -0.324 e. The summed E-state index contributed by atoms with van der Waals surface area (Å²) >= 11 is 0. The van der Waals surface area contributed by atoms with Gasteiger partial charge in [-0.1, -0.05) is 35.4 Å². The summed E-state index contributed by atoms with van der Waals surface area (Å²) in [6.07, 6.45) is 0. The molecule has 0 saturated carbocycles. The molecule has 4 nitrogen and oxygen atoms in total. The Kier molecular flexibility index (Phi) is 3.44. The quantitative estimate of drug-likeness (QED) is 0.789. The summed E-state index contributed by atoms with van der Waals surface area (Å²) in [5, 5.41) is 11.7. The minimum atomic E-state index is 0.722. The Hall–Kier alpha value is -2.62. The Morgan fingerprint density at radius 2 is 1.33 bits per heavy atom. The monoisotopic (exact) mass is 278 g/mol. The lowest BCUT2D eigenvalue weighted by molar-refractivity contribution is 0.971. The summed E-state index contributed by atoms with van der Waals surface area (Å²) in [6, 6.07) is 16.5. The normalized spacial score (nSPS) is 10.6. The van der Waals surface area contributed by atoms with E-state index in [1.807, 2.05) is 23.6 Å². The second kappa shape index (κ2) is 5.40. The van der Waals surface area contributed by atoms with Crippen LogP contribution in [0.1, 0.15) is 17.0 Å². The van der Waals surface area contributed by atoms with Gasteiger partial charge in [-0.2, -0.15) is 0 Å². The number of anilines is 2. The smallest absolute Gasteiger partial charge is 0.233 e. The Labute approximate surface area is 124 Å². The van der Waals surface area contributed by atoms with Crippen LogP contribution in [0.5, 0.6) is 0 Å². The third-order valence-electron chi connectivity index (χ3n) is 3.42. The van der Waals surface area contributed by atoms with Crippen LogP contribution in [0.2, 0.25) is 0 Å². The second-order valence-electron chi connectivity index (χ2n) is 5.23. The van der Waals surface area contributed by atoms with Crippen LogP contribution >= 0.6 is 0 Å². The highest BCUT2D eigenvalue weighted by molar-refractivity contribution is 5.56. The van der Waals surface area contributed by atoms with E-state index in [1.165, 1.54) is 11.1 Å². The van der Waals surface area contributed by atoms with Crippen molar-refractivity contribution in [3.63, 3.8) is 0 Å². The van der Waals surface area contributed by atoms with Crippen molar-refractivity contribution in [3.05, 3.63) is 65.5 Å². The van der Waals surface area contributed by atoms with Gasteiger partial charge in [0.15, 0.2) is 0 Å². The zero-order valence-electron chi connectivity index (χ0n) is 12.5. The predicted octanol–water partition coefficient (Wildman–Crippen LogP) is 3.94. The van der Waals surface area contributed by atoms with E-state index in [9.17, 15) is 0 Å². The van der Waals surface area contributed by atoms with Gasteiger partial charge in [0.1, 0.15) is 5.82 Å². The van der Waals surface area contributed by atoms with Crippen LogP contribution in [-0.2, 0) is 0 Å². The van der Waals surface area contributed by atoms with Crippen molar-refractivity contribution in [2.75, 3.05) is 5.32 Å². The van der Waals surface area contributed by atoms with Gasteiger partial charge in [0.25, 0.3) is 0 Å². The lowest BCUT2D eigenvalue weighted by Crippen LogP contribution is -2.03. The average molecular weight is 278 g/mol. The van der Waals surface area contributed by atoms with E-state index >= 15 is 0 Å². The van der Waals surface area contributed by atoms with Gasteiger partial charge in [-0.15, -0.1) is 10.2 Å². The number of nitrogens with zero attached hydrogens (tertiary/aromatic N) is 3. The van der Waals surface area contributed by atoms with E-state index in [4.69, 9.17) is 0 Å². The summed E-state index contributed by atoms with van der Waals surface area (Å²) in [5.41, 5.74) is 4.52. The topological polar surface area (TPSA) is 42.7 Å². The fourth-order valence-corrected chi connectivity index (χ4v) is 2.21. The molecule has 0 atom stereocenters. The number of hydrogen-bond donors (Lipinski definition) is 1. The van der Waals surface area contributed by atoms with Gasteiger partial charge in [-0.3, -0.25) is 4.57 Å². The van der Waals surface area contributed by atoms with Crippen molar-refractivity contribution in [1.82, 2.24) is 14.8 Å². The molecule has 0 unspecified atom stereocenters. The average Bonchev–Trinajstić information content (AvgIpc) is 2.83. The third-order valence-corrected chi connectivity index (χ3v) is 3.42. The van der Waals surface area contributed by atoms with Crippen LogP contribution in [0.3, 0.4) is 0 Å². The number of aromatic nitrogens is 3. The molecule has 0 spiro atoms. The lowest BCUT2D eigenvalue weighted by atomic mass is 10.2. The standard InChI is InChI=1S/C17H18N4/c1-12-4-8-15(9-5-12)18-17-20-19-14(3)21(17)16-10-6-13(2)7-11-16/h4-11H,1-3H3,(H,18,20). The van der Waals surface area contributed by atoms with E-state index in [0.29, 0.717) is 0 Å². The van der Waals surface area contributed by atoms with E-state index in [2.05, 4.69) is 65.8 Å². The fourth-order valence-electron chi connectivity index (χ4n) is 2.21. The van der Waals surface area contributed by atoms with E-state index in [1.54, 1.807) is 0 Å². The number of aryl methyl sites for hydroxylation is 3. The van der Waals surface area contributed by atoms with Gasteiger partial charge >= 0.3 is 0 Å². The maximum absolute atomic E-state index is 4.23. The van der Waals surface area contributed by atoms with Gasteiger partial charge in [0, 0.05) is 5.69 Å². The Morgan fingerprint density at radius 1 is 0.762 bits per heavy atom. The Bertz CT molecular complexity index is 739. The zero-order chi connectivity index (χ0) is 14.8. The molecule has 0 aliphatic heterocycles. The molecular weight excluding hydrogens is 260 g/mol. The number of rotatable bonds is 3. The fraction of sp³-hybridized carbons (Fsp3) is 0.176. The minimum absolute atomic E-state index is 0.722. The Morgan fingerprint density at radius 3 is 1.95 bits per heavy atom. The molecule has 0 aliphatic rings. The van der Waals surface area contributed by atoms with Crippen LogP contribution in [0, 0.1) is 20.8 Å². The van der Waals surface area contributed by atoms with Crippen LogP contribution in [0.15, 0.2) is 48.5 Å². The number of benzene rings is 2. The highest BCUT2D eigenvalue weighted by atomic mass is 15.3. The molecule has 0 bridgehead atoms. The summed E-state index contributed by atoms with van der Waals surface area (Å²) < 4.78 is 2.01. The molecule has 1 aromatic heterocycles. The van der Waals surface area contributed by atoms with Gasteiger partial charge in [0.2, 0.25) is 5.95 Å². The molecule has 1 N–H and O–H groups in total. The molecule has 0 saturated heterocycles. The van der Waals surface area contributed by atoms with Crippen molar-refractivity contribution in [2.24, 2.45) is 0 Å². The van der Waals surface area contributed by atoms with Crippen LogP contribution in [0.4, 0.5) is 11.6 Å². The van der Waals surface area contributed by atoms with Crippen LogP contribution in [-0.4, -0.2) is 14.8 Å². The highest BCUT2D eigenvalue weighted by Crippen LogP contribution is 2.21. The second-order valence-corrected chi connectivity index (χ2v) is 5.23. The van der Waals surface area contributed by atoms with Crippen molar-refractivity contribution in [3.8, 4) is 5.69 Å². The van der Waals surface area contributed by atoms with Crippen LogP contribution < -0.4 is 5.32 Å². The molecular formula is C17H18N4. The van der Waals surface area contributed by atoms with E-state index < -0.39 is 0 Å². The maximum atomic E-state index is 4.23. The molecule has 0 aliphatic carbocycles. The molecule has 106 valence electrons.